The summed E-state index contributed by atoms with van der Waals surface area (Å²) >= 11 is 7.07. The molecular formula is C11H15Br2N. The molecule has 0 aliphatic rings. The quantitative estimate of drug-likeness (QED) is 0.751. The van der Waals surface area contributed by atoms with Crippen molar-refractivity contribution in [2.75, 3.05) is 0 Å². The lowest BCUT2D eigenvalue weighted by Crippen LogP contribution is -2.11. The highest BCUT2D eigenvalue weighted by Crippen LogP contribution is 2.29. The van der Waals surface area contributed by atoms with E-state index in [9.17, 15) is 0 Å². The topological polar surface area (TPSA) is 12.9 Å². The van der Waals surface area contributed by atoms with E-state index < -0.39 is 0 Å². The molecule has 0 aliphatic heterocycles. The van der Waals surface area contributed by atoms with Crippen molar-refractivity contribution in [1.29, 1.82) is 0 Å². The first kappa shape index (κ1) is 12.2. The fraction of sp³-hybridized carbons (Fsp3) is 0.545. The van der Waals surface area contributed by atoms with Gasteiger partial charge in [-0.05, 0) is 40.9 Å². The SMILES string of the molecule is CCC(c1ncc(Br)cc1C)C(C)Br. The Hall–Kier alpha value is 0.110. The molecular weight excluding hydrogens is 306 g/mol. The zero-order valence-corrected chi connectivity index (χ0v) is 11.9. The van der Waals surface area contributed by atoms with Crippen molar-refractivity contribution in [3.05, 3.63) is 28.0 Å². The predicted molar refractivity (Wildman–Crippen MR) is 68.1 cm³/mol. The molecule has 1 aromatic rings. The van der Waals surface area contributed by atoms with E-state index in [4.69, 9.17) is 0 Å². The van der Waals surface area contributed by atoms with E-state index in [1.807, 2.05) is 6.20 Å². The van der Waals surface area contributed by atoms with E-state index in [0.717, 1.165) is 10.9 Å². The Morgan fingerprint density at radius 1 is 1.50 bits per heavy atom. The summed E-state index contributed by atoms with van der Waals surface area (Å²) in [5.41, 5.74) is 2.47. The summed E-state index contributed by atoms with van der Waals surface area (Å²) in [6.07, 6.45) is 2.99. The Morgan fingerprint density at radius 2 is 2.14 bits per heavy atom. The average Bonchev–Trinajstić information content (AvgIpc) is 2.09. The molecule has 78 valence electrons. The Balaban J connectivity index is 3.04. The lowest BCUT2D eigenvalue weighted by Gasteiger charge is -2.19. The van der Waals surface area contributed by atoms with Crippen LogP contribution in [0.15, 0.2) is 16.7 Å². The summed E-state index contributed by atoms with van der Waals surface area (Å²) in [5.74, 6) is 0.503. The maximum Gasteiger partial charge on any atom is 0.0475 e. The first-order chi connectivity index (χ1) is 6.56. The van der Waals surface area contributed by atoms with Crippen molar-refractivity contribution >= 4 is 31.9 Å². The summed E-state index contributed by atoms with van der Waals surface area (Å²) in [4.78, 5) is 4.97. The van der Waals surface area contributed by atoms with Gasteiger partial charge in [-0.3, -0.25) is 4.98 Å². The van der Waals surface area contributed by atoms with E-state index in [-0.39, 0.29) is 0 Å². The van der Waals surface area contributed by atoms with Crippen LogP contribution < -0.4 is 0 Å². The second-order valence-electron chi connectivity index (χ2n) is 3.55. The normalized spacial score (nSPS) is 15.2. The Bertz CT molecular complexity index is 310. The van der Waals surface area contributed by atoms with Crippen LogP contribution >= 0.6 is 31.9 Å². The van der Waals surface area contributed by atoms with Gasteiger partial charge in [0.2, 0.25) is 0 Å². The molecule has 0 aromatic carbocycles. The minimum atomic E-state index is 0.472. The third-order valence-corrected chi connectivity index (χ3v) is 3.50. The third kappa shape index (κ3) is 2.80. The molecule has 0 amide bonds. The number of hydrogen-bond donors (Lipinski definition) is 0. The highest BCUT2D eigenvalue weighted by molar-refractivity contribution is 9.10. The first-order valence-corrected chi connectivity index (χ1v) is 6.53. The lowest BCUT2D eigenvalue weighted by molar-refractivity contribution is 0.638. The van der Waals surface area contributed by atoms with Gasteiger partial charge >= 0.3 is 0 Å². The van der Waals surface area contributed by atoms with Crippen LogP contribution in [0.5, 0.6) is 0 Å². The van der Waals surface area contributed by atoms with Gasteiger partial charge in [0.25, 0.3) is 0 Å². The van der Waals surface area contributed by atoms with Gasteiger partial charge in [0.1, 0.15) is 0 Å². The monoisotopic (exact) mass is 319 g/mol. The molecule has 0 aliphatic carbocycles. The van der Waals surface area contributed by atoms with Gasteiger partial charge in [0.05, 0.1) is 0 Å². The molecule has 1 heterocycles. The van der Waals surface area contributed by atoms with Crippen LogP contribution in [0.1, 0.15) is 37.4 Å². The Morgan fingerprint density at radius 3 is 2.57 bits per heavy atom. The third-order valence-electron chi connectivity index (χ3n) is 2.43. The molecule has 2 unspecified atom stereocenters. The maximum atomic E-state index is 4.49. The van der Waals surface area contributed by atoms with Crippen LogP contribution in [-0.4, -0.2) is 9.81 Å². The lowest BCUT2D eigenvalue weighted by atomic mass is 9.95. The molecule has 0 saturated carbocycles. The molecule has 1 aromatic heterocycles. The van der Waals surface area contributed by atoms with Crippen molar-refractivity contribution < 1.29 is 0 Å². The van der Waals surface area contributed by atoms with Gasteiger partial charge in [-0.15, -0.1) is 0 Å². The van der Waals surface area contributed by atoms with E-state index in [1.165, 1.54) is 11.3 Å². The molecule has 0 N–H and O–H groups in total. The van der Waals surface area contributed by atoms with Gasteiger partial charge in [0, 0.05) is 27.1 Å². The van der Waals surface area contributed by atoms with Crippen molar-refractivity contribution in [2.24, 2.45) is 0 Å². The number of pyridine rings is 1. The van der Waals surface area contributed by atoms with Crippen molar-refractivity contribution in [3.63, 3.8) is 0 Å². The number of rotatable bonds is 3. The van der Waals surface area contributed by atoms with Crippen molar-refractivity contribution in [1.82, 2.24) is 4.98 Å². The first-order valence-electron chi connectivity index (χ1n) is 4.82. The molecule has 1 nitrogen and oxygen atoms in total. The van der Waals surface area contributed by atoms with Crippen LogP contribution in [0.25, 0.3) is 0 Å². The number of aryl methyl sites for hydroxylation is 1. The molecule has 2 atom stereocenters. The second kappa shape index (κ2) is 5.26. The predicted octanol–water partition coefficient (Wildman–Crippen LogP) is 4.43. The zero-order valence-electron chi connectivity index (χ0n) is 8.72. The molecule has 0 saturated heterocycles. The Kier molecular flexibility index (Phi) is 4.58. The largest absolute Gasteiger partial charge is 0.260 e. The molecule has 1 rings (SSSR count). The number of nitrogens with zero attached hydrogens (tertiary/aromatic N) is 1. The summed E-state index contributed by atoms with van der Waals surface area (Å²) in [6, 6.07) is 2.13. The van der Waals surface area contributed by atoms with Crippen LogP contribution in [0, 0.1) is 6.92 Å². The summed E-state index contributed by atoms with van der Waals surface area (Å²) in [7, 11) is 0. The minimum absolute atomic E-state index is 0.472. The van der Waals surface area contributed by atoms with Crippen molar-refractivity contribution in [2.45, 2.75) is 37.9 Å². The van der Waals surface area contributed by atoms with Crippen LogP contribution in [-0.2, 0) is 0 Å². The van der Waals surface area contributed by atoms with Gasteiger partial charge in [-0.2, -0.15) is 0 Å². The van der Waals surface area contributed by atoms with E-state index in [2.05, 4.69) is 63.7 Å². The van der Waals surface area contributed by atoms with Crippen molar-refractivity contribution in [3.8, 4) is 0 Å². The molecule has 0 radical (unpaired) electrons. The average molecular weight is 321 g/mol. The van der Waals surface area contributed by atoms with Crippen LogP contribution in [0.3, 0.4) is 0 Å². The second-order valence-corrected chi connectivity index (χ2v) is 5.91. The summed E-state index contributed by atoms with van der Waals surface area (Å²) < 4.78 is 1.05. The maximum absolute atomic E-state index is 4.49. The van der Waals surface area contributed by atoms with Crippen LogP contribution in [0.4, 0.5) is 0 Å². The fourth-order valence-corrected chi connectivity index (χ4v) is 2.74. The van der Waals surface area contributed by atoms with Gasteiger partial charge in [0.15, 0.2) is 0 Å². The molecule has 0 bridgehead atoms. The molecule has 3 heteroatoms. The summed E-state index contributed by atoms with van der Waals surface area (Å²) in [5, 5.41) is 0. The highest BCUT2D eigenvalue weighted by Gasteiger charge is 2.18. The van der Waals surface area contributed by atoms with Gasteiger partial charge in [-0.1, -0.05) is 29.8 Å². The molecule has 0 spiro atoms. The smallest absolute Gasteiger partial charge is 0.0475 e. The van der Waals surface area contributed by atoms with Gasteiger partial charge in [-0.25, -0.2) is 0 Å². The van der Waals surface area contributed by atoms with E-state index in [1.54, 1.807) is 0 Å². The minimum Gasteiger partial charge on any atom is -0.260 e. The molecule has 0 fully saturated rings. The number of hydrogen-bond acceptors (Lipinski definition) is 1. The fourth-order valence-electron chi connectivity index (χ4n) is 1.67. The summed E-state index contributed by atoms with van der Waals surface area (Å²) in [6.45, 7) is 6.49. The van der Waals surface area contributed by atoms with E-state index in [0.29, 0.717) is 10.7 Å². The zero-order chi connectivity index (χ0) is 10.7. The number of aromatic nitrogens is 1. The number of alkyl halides is 1. The van der Waals surface area contributed by atoms with Gasteiger partial charge < -0.3 is 0 Å². The Labute approximate surface area is 103 Å². The number of halogens is 2. The standard InChI is InChI=1S/C11H15Br2N/c1-4-10(8(3)12)11-7(2)5-9(13)6-14-11/h5-6,8,10H,4H2,1-3H3. The highest BCUT2D eigenvalue weighted by atomic mass is 79.9. The molecule has 14 heavy (non-hydrogen) atoms. The van der Waals surface area contributed by atoms with Crippen LogP contribution in [0.2, 0.25) is 0 Å². The van der Waals surface area contributed by atoms with E-state index >= 15 is 0 Å².